The van der Waals surface area contributed by atoms with Crippen LogP contribution in [0.2, 0.25) is 0 Å². The third-order valence-corrected chi connectivity index (χ3v) is 4.48. The fourth-order valence-electron chi connectivity index (χ4n) is 3.02. The van der Waals surface area contributed by atoms with Gasteiger partial charge in [0.1, 0.15) is 6.07 Å². The molecule has 2 aromatic rings. The Kier molecular flexibility index (Phi) is 4.98. The molecule has 2 heterocycles. The summed E-state index contributed by atoms with van der Waals surface area (Å²) in [6, 6.07) is 7.29. The number of rotatable bonds is 5. The van der Waals surface area contributed by atoms with E-state index in [1.807, 2.05) is 11.0 Å². The second kappa shape index (κ2) is 7.35. The number of benzene rings is 1. The van der Waals surface area contributed by atoms with Crippen molar-refractivity contribution < 1.29 is 23.8 Å². The molecule has 0 spiro atoms. The number of aliphatic carboxylic acids is 1. The molecular formula is C18H19N3O5. The van der Waals surface area contributed by atoms with E-state index in [2.05, 4.69) is 4.98 Å². The normalized spacial score (nSPS) is 14.7. The molecule has 0 radical (unpaired) electrons. The van der Waals surface area contributed by atoms with Crippen molar-refractivity contribution in [2.24, 2.45) is 5.92 Å². The molecule has 8 heteroatoms. The summed E-state index contributed by atoms with van der Waals surface area (Å²) in [5.74, 6) is 0.655. The Morgan fingerprint density at radius 1 is 1.31 bits per heavy atom. The number of piperidine rings is 1. The van der Waals surface area contributed by atoms with Gasteiger partial charge in [-0.1, -0.05) is 0 Å². The molecule has 0 unspecified atom stereocenters. The van der Waals surface area contributed by atoms with E-state index in [4.69, 9.17) is 19.0 Å². The molecule has 3 rings (SSSR count). The molecule has 26 heavy (non-hydrogen) atoms. The highest BCUT2D eigenvalue weighted by Crippen LogP contribution is 2.35. The predicted octanol–water partition coefficient (Wildman–Crippen LogP) is 2.53. The lowest BCUT2D eigenvalue weighted by molar-refractivity contribution is -0.142. The van der Waals surface area contributed by atoms with Gasteiger partial charge < -0.3 is 23.9 Å². The molecule has 1 aliphatic rings. The Hall–Kier alpha value is -3.21. The Balaban J connectivity index is 1.88. The van der Waals surface area contributed by atoms with Crippen LogP contribution < -0.4 is 14.4 Å². The zero-order chi connectivity index (χ0) is 18.7. The first-order valence-electron chi connectivity index (χ1n) is 8.18. The third-order valence-electron chi connectivity index (χ3n) is 4.48. The number of nitriles is 1. The molecule has 1 saturated heterocycles. The number of anilines is 1. The van der Waals surface area contributed by atoms with Crippen molar-refractivity contribution in [1.82, 2.24) is 4.98 Å². The predicted molar refractivity (Wildman–Crippen MR) is 92.3 cm³/mol. The average molecular weight is 357 g/mol. The number of hydrogen-bond acceptors (Lipinski definition) is 7. The van der Waals surface area contributed by atoms with Gasteiger partial charge in [0.15, 0.2) is 11.5 Å². The summed E-state index contributed by atoms with van der Waals surface area (Å²) >= 11 is 0. The first-order chi connectivity index (χ1) is 12.6. The van der Waals surface area contributed by atoms with Gasteiger partial charge in [0.25, 0.3) is 0 Å². The van der Waals surface area contributed by atoms with Gasteiger partial charge in [-0.25, -0.2) is 0 Å². The highest BCUT2D eigenvalue weighted by atomic mass is 16.5. The number of carboxylic acid groups (broad SMARTS) is 1. The van der Waals surface area contributed by atoms with Crippen LogP contribution in [0.3, 0.4) is 0 Å². The third kappa shape index (κ3) is 3.28. The van der Waals surface area contributed by atoms with Crippen LogP contribution in [0.15, 0.2) is 22.6 Å². The van der Waals surface area contributed by atoms with Crippen molar-refractivity contribution >= 4 is 11.9 Å². The van der Waals surface area contributed by atoms with Crippen LogP contribution in [0, 0.1) is 17.2 Å². The van der Waals surface area contributed by atoms with Crippen LogP contribution in [-0.4, -0.2) is 43.4 Å². The molecule has 136 valence electrons. The van der Waals surface area contributed by atoms with Crippen LogP contribution in [0.4, 0.5) is 5.88 Å². The zero-order valence-corrected chi connectivity index (χ0v) is 14.6. The molecule has 1 aliphatic heterocycles. The smallest absolute Gasteiger partial charge is 0.306 e. The van der Waals surface area contributed by atoms with Crippen molar-refractivity contribution in [3.8, 4) is 29.0 Å². The monoisotopic (exact) mass is 357 g/mol. The Labute approximate surface area is 150 Å². The van der Waals surface area contributed by atoms with E-state index < -0.39 is 5.97 Å². The largest absolute Gasteiger partial charge is 0.493 e. The first-order valence-corrected chi connectivity index (χ1v) is 8.18. The summed E-state index contributed by atoms with van der Waals surface area (Å²) in [6.07, 6.45) is 1.01. The van der Waals surface area contributed by atoms with Gasteiger partial charge in [-0.15, -0.1) is 0 Å². The molecule has 0 amide bonds. The van der Waals surface area contributed by atoms with E-state index in [0.29, 0.717) is 54.8 Å². The standard InChI is InChI=1S/C18H19N3O5/c1-24-14-4-3-12(9-15(14)25-2)16-20-13(10-19)17(26-16)21-7-5-11(6-8-21)18(22)23/h3-4,9,11H,5-8H2,1-2H3,(H,22,23). The van der Waals surface area contributed by atoms with Crippen molar-refractivity contribution in [3.63, 3.8) is 0 Å². The van der Waals surface area contributed by atoms with Gasteiger partial charge in [-0.05, 0) is 31.0 Å². The maximum Gasteiger partial charge on any atom is 0.306 e. The van der Waals surface area contributed by atoms with Gasteiger partial charge in [0.2, 0.25) is 17.5 Å². The quantitative estimate of drug-likeness (QED) is 0.869. The van der Waals surface area contributed by atoms with E-state index in [-0.39, 0.29) is 11.6 Å². The summed E-state index contributed by atoms with van der Waals surface area (Å²) in [5.41, 5.74) is 0.842. The molecule has 1 N–H and O–H groups in total. The molecule has 0 saturated carbocycles. The summed E-state index contributed by atoms with van der Waals surface area (Å²) in [7, 11) is 3.09. The van der Waals surface area contributed by atoms with Crippen LogP contribution >= 0.6 is 0 Å². The SMILES string of the molecule is COc1ccc(-c2nc(C#N)c(N3CCC(C(=O)O)CC3)o2)cc1OC. The van der Waals surface area contributed by atoms with Gasteiger partial charge in [0, 0.05) is 18.7 Å². The van der Waals surface area contributed by atoms with Crippen molar-refractivity contribution in [1.29, 1.82) is 5.26 Å². The second-order valence-corrected chi connectivity index (χ2v) is 5.95. The van der Waals surface area contributed by atoms with Crippen LogP contribution in [-0.2, 0) is 4.79 Å². The Bertz CT molecular complexity index is 847. The average Bonchev–Trinajstić information content (AvgIpc) is 3.11. The van der Waals surface area contributed by atoms with Crippen molar-refractivity contribution in [3.05, 3.63) is 23.9 Å². The Morgan fingerprint density at radius 3 is 2.58 bits per heavy atom. The van der Waals surface area contributed by atoms with Gasteiger partial charge in [0.05, 0.1) is 20.1 Å². The topological polar surface area (TPSA) is 109 Å². The highest BCUT2D eigenvalue weighted by molar-refractivity contribution is 5.70. The molecular weight excluding hydrogens is 338 g/mol. The summed E-state index contributed by atoms with van der Waals surface area (Å²) in [4.78, 5) is 17.2. The van der Waals surface area contributed by atoms with Gasteiger partial charge in [-0.2, -0.15) is 10.2 Å². The number of hydrogen-bond donors (Lipinski definition) is 1. The number of oxazole rings is 1. The number of carbonyl (C=O) groups is 1. The highest BCUT2D eigenvalue weighted by Gasteiger charge is 2.28. The van der Waals surface area contributed by atoms with E-state index in [9.17, 15) is 10.1 Å². The van der Waals surface area contributed by atoms with E-state index in [1.54, 1.807) is 25.3 Å². The number of carboxylic acids is 1. The van der Waals surface area contributed by atoms with Crippen LogP contribution in [0.25, 0.3) is 11.5 Å². The second-order valence-electron chi connectivity index (χ2n) is 5.95. The maximum atomic E-state index is 11.1. The Morgan fingerprint density at radius 2 is 2.00 bits per heavy atom. The molecule has 0 atom stereocenters. The lowest BCUT2D eigenvalue weighted by Gasteiger charge is -2.29. The van der Waals surface area contributed by atoms with Crippen LogP contribution in [0.5, 0.6) is 11.5 Å². The van der Waals surface area contributed by atoms with Gasteiger partial charge in [-0.3, -0.25) is 4.79 Å². The first kappa shape index (κ1) is 17.6. The minimum absolute atomic E-state index is 0.184. The molecule has 1 aromatic carbocycles. The molecule has 1 aromatic heterocycles. The number of methoxy groups -OCH3 is 2. The minimum Gasteiger partial charge on any atom is -0.493 e. The van der Waals surface area contributed by atoms with E-state index in [0.717, 1.165) is 0 Å². The lowest BCUT2D eigenvalue weighted by atomic mass is 9.97. The van der Waals surface area contributed by atoms with E-state index >= 15 is 0 Å². The van der Waals surface area contributed by atoms with Crippen molar-refractivity contribution in [2.45, 2.75) is 12.8 Å². The van der Waals surface area contributed by atoms with Crippen LogP contribution in [0.1, 0.15) is 18.5 Å². The number of aromatic nitrogens is 1. The molecule has 0 aliphatic carbocycles. The van der Waals surface area contributed by atoms with Gasteiger partial charge >= 0.3 is 5.97 Å². The summed E-state index contributed by atoms with van der Waals surface area (Å²) in [5, 5.41) is 18.5. The number of nitrogens with zero attached hydrogens (tertiary/aromatic N) is 3. The fourth-order valence-corrected chi connectivity index (χ4v) is 3.02. The molecule has 1 fully saturated rings. The fraction of sp³-hybridized carbons (Fsp3) is 0.389. The van der Waals surface area contributed by atoms with Crippen molar-refractivity contribution in [2.75, 3.05) is 32.2 Å². The maximum absolute atomic E-state index is 11.1. The summed E-state index contributed by atoms with van der Waals surface area (Å²) in [6.45, 7) is 1.01. The zero-order valence-electron chi connectivity index (χ0n) is 14.6. The lowest BCUT2D eigenvalue weighted by Crippen LogP contribution is -2.36. The molecule has 8 nitrogen and oxygen atoms in total. The summed E-state index contributed by atoms with van der Waals surface area (Å²) < 4.78 is 16.4. The molecule has 0 bridgehead atoms. The van der Waals surface area contributed by atoms with E-state index in [1.165, 1.54) is 7.11 Å². The minimum atomic E-state index is -0.784. The number of ether oxygens (including phenoxy) is 2.